The summed E-state index contributed by atoms with van der Waals surface area (Å²) in [6, 6.07) is -0.150. The predicted octanol–water partition coefficient (Wildman–Crippen LogP) is 0.321. The minimum atomic E-state index is -0.150. The fraction of sp³-hybridized carbons (Fsp3) is 0.800. The fourth-order valence-electron chi connectivity index (χ4n) is 1.50. The van der Waals surface area contributed by atoms with Crippen LogP contribution in [0.2, 0.25) is 0 Å². The number of aliphatic imine (C=N–C) groups is 1. The molecule has 1 aliphatic rings. The minimum absolute atomic E-state index is 0.0580. The van der Waals surface area contributed by atoms with Crippen molar-refractivity contribution in [2.75, 3.05) is 13.1 Å². The van der Waals surface area contributed by atoms with Gasteiger partial charge in [-0.25, -0.2) is 0 Å². The summed E-state index contributed by atoms with van der Waals surface area (Å²) in [7, 11) is 0. The number of amides is 1. The third-order valence-corrected chi connectivity index (χ3v) is 2.35. The number of hydrogen-bond donors (Lipinski definition) is 2. The molecule has 0 saturated heterocycles. The Morgan fingerprint density at radius 2 is 2.43 bits per heavy atom. The third-order valence-electron chi connectivity index (χ3n) is 2.35. The van der Waals surface area contributed by atoms with E-state index < -0.39 is 0 Å². The molecule has 0 saturated carbocycles. The van der Waals surface area contributed by atoms with Gasteiger partial charge in [0.15, 0.2) is 0 Å². The van der Waals surface area contributed by atoms with Crippen LogP contribution >= 0.6 is 0 Å². The molecule has 2 atom stereocenters. The summed E-state index contributed by atoms with van der Waals surface area (Å²) in [5.41, 5.74) is 5.35. The monoisotopic (exact) mass is 197 g/mol. The van der Waals surface area contributed by atoms with Crippen molar-refractivity contribution >= 4 is 12.1 Å². The van der Waals surface area contributed by atoms with E-state index in [9.17, 15) is 4.79 Å². The summed E-state index contributed by atoms with van der Waals surface area (Å²) in [6.07, 6.45) is 4.63. The molecule has 0 aromatic rings. The van der Waals surface area contributed by atoms with Gasteiger partial charge < -0.3 is 11.1 Å². The summed E-state index contributed by atoms with van der Waals surface area (Å²) < 4.78 is 0. The highest BCUT2D eigenvalue weighted by molar-refractivity contribution is 5.85. The van der Waals surface area contributed by atoms with E-state index in [4.69, 9.17) is 5.73 Å². The van der Waals surface area contributed by atoms with Gasteiger partial charge in [0.05, 0.1) is 0 Å². The van der Waals surface area contributed by atoms with Crippen molar-refractivity contribution < 1.29 is 4.79 Å². The molecular weight excluding hydrogens is 178 g/mol. The third kappa shape index (κ3) is 3.46. The van der Waals surface area contributed by atoms with Crippen molar-refractivity contribution in [3.8, 4) is 0 Å². The van der Waals surface area contributed by atoms with Gasteiger partial charge >= 0.3 is 0 Å². The maximum atomic E-state index is 11.5. The second kappa shape index (κ2) is 5.75. The van der Waals surface area contributed by atoms with Crippen LogP contribution in [0, 0.1) is 5.92 Å². The first kappa shape index (κ1) is 11.2. The van der Waals surface area contributed by atoms with Crippen molar-refractivity contribution in [2.45, 2.75) is 32.2 Å². The Kier molecular flexibility index (Phi) is 4.59. The highest BCUT2D eigenvalue weighted by Crippen LogP contribution is 2.14. The predicted molar refractivity (Wildman–Crippen MR) is 57.4 cm³/mol. The van der Waals surface area contributed by atoms with Crippen LogP contribution < -0.4 is 11.1 Å². The highest BCUT2D eigenvalue weighted by atomic mass is 16.2. The Morgan fingerprint density at radius 1 is 1.64 bits per heavy atom. The van der Waals surface area contributed by atoms with Crippen molar-refractivity contribution in [3.63, 3.8) is 0 Å². The second-order valence-corrected chi connectivity index (χ2v) is 3.81. The molecule has 0 aromatic carbocycles. The highest BCUT2D eigenvalue weighted by Gasteiger charge is 2.22. The molecule has 80 valence electrons. The number of hydrogen-bond acceptors (Lipinski definition) is 3. The lowest BCUT2D eigenvalue weighted by Gasteiger charge is -2.08. The van der Waals surface area contributed by atoms with Crippen LogP contribution in [0.4, 0.5) is 0 Å². The number of carbonyl (C=O) groups excluding carboxylic acids is 1. The molecule has 0 radical (unpaired) electrons. The molecule has 14 heavy (non-hydrogen) atoms. The largest absolute Gasteiger partial charge is 0.354 e. The summed E-state index contributed by atoms with van der Waals surface area (Å²) in [6.45, 7) is 3.48. The zero-order chi connectivity index (χ0) is 10.4. The first-order valence-electron chi connectivity index (χ1n) is 5.25. The summed E-state index contributed by atoms with van der Waals surface area (Å²) in [5.74, 6) is 0.498. The quantitative estimate of drug-likeness (QED) is 0.623. The van der Waals surface area contributed by atoms with E-state index in [1.54, 1.807) is 0 Å². The van der Waals surface area contributed by atoms with Crippen LogP contribution in [0.15, 0.2) is 4.99 Å². The molecule has 0 aliphatic carbocycles. The van der Waals surface area contributed by atoms with Gasteiger partial charge in [0, 0.05) is 12.8 Å². The van der Waals surface area contributed by atoms with Crippen molar-refractivity contribution in [1.82, 2.24) is 5.32 Å². The van der Waals surface area contributed by atoms with E-state index in [1.807, 2.05) is 6.21 Å². The first-order valence-corrected chi connectivity index (χ1v) is 5.25. The zero-order valence-electron chi connectivity index (χ0n) is 8.70. The average Bonchev–Trinajstić information content (AvgIpc) is 2.59. The van der Waals surface area contributed by atoms with Gasteiger partial charge in [-0.15, -0.1) is 0 Å². The SMILES string of the molecule is CC1C=NC(C(=O)NCCCCN)C1. The maximum Gasteiger partial charge on any atom is 0.244 e. The standard InChI is InChI=1S/C10H19N3O/c1-8-6-9(13-7-8)10(14)12-5-3-2-4-11/h7-9H,2-6,11H2,1H3,(H,12,14). The average molecular weight is 197 g/mol. The number of nitrogens with one attached hydrogen (secondary N) is 1. The molecule has 2 unspecified atom stereocenters. The lowest BCUT2D eigenvalue weighted by Crippen LogP contribution is -2.33. The summed E-state index contributed by atoms with van der Waals surface area (Å²) in [4.78, 5) is 15.7. The molecule has 0 fully saturated rings. The molecule has 0 bridgehead atoms. The molecule has 4 nitrogen and oxygen atoms in total. The van der Waals surface area contributed by atoms with Gasteiger partial charge in [-0.1, -0.05) is 6.92 Å². The first-order chi connectivity index (χ1) is 6.74. The van der Waals surface area contributed by atoms with Crippen LogP contribution in [0.3, 0.4) is 0 Å². The molecule has 1 aliphatic heterocycles. The van der Waals surface area contributed by atoms with E-state index >= 15 is 0 Å². The van der Waals surface area contributed by atoms with E-state index in [2.05, 4.69) is 17.2 Å². The van der Waals surface area contributed by atoms with Gasteiger partial charge in [0.2, 0.25) is 5.91 Å². The molecule has 1 heterocycles. The number of nitrogens with two attached hydrogens (primary N) is 1. The lowest BCUT2D eigenvalue weighted by atomic mass is 10.1. The maximum absolute atomic E-state index is 11.5. The van der Waals surface area contributed by atoms with Gasteiger partial charge in [-0.2, -0.15) is 0 Å². The van der Waals surface area contributed by atoms with Crippen molar-refractivity contribution in [3.05, 3.63) is 0 Å². The van der Waals surface area contributed by atoms with Gasteiger partial charge in [-0.05, 0) is 31.7 Å². The Bertz CT molecular complexity index is 215. The number of nitrogens with zero attached hydrogens (tertiary/aromatic N) is 1. The molecule has 4 heteroatoms. The molecule has 1 amide bonds. The van der Waals surface area contributed by atoms with Crippen LogP contribution in [0.5, 0.6) is 0 Å². The second-order valence-electron chi connectivity index (χ2n) is 3.81. The molecule has 0 spiro atoms. The van der Waals surface area contributed by atoms with Gasteiger partial charge in [0.1, 0.15) is 6.04 Å². The van der Waals surface area contributed by atoms with Crippen LogP contribution in [-0.4, -0.2) is 31.3 Å². The summed E-state index contributed by atoms with van der Waals surface area (Å²) >= 11 is 0. The molecule has 1 rings (SSSR count). The Labute approximate surface area is 85.0 Å². The van der Waals surface area contributed by atoms with Crippen LogP contribution in [0.25, 0.3) is 0 Å². The Balaban J connectivity index is 2.13. The van der Waals surface area contributed by atoms with Crippen LogP contribution in [0.1, 0.15) is 26.2 Å². The Hall–Kier alpha value is -0.900. The summed E-state index contributed by atoms with van der Waals surface area (Å²) in [5, 5.41) is 2.87. The van der Waals surface area contributed by atoms with Crippen molar-refractivity contribution in [2.24, 2.45) is 16.6 Å². The molecule has 3 N–H and O–H groups in total. The van der Waals surface area contributed by atoms with E-state index in [0.29, 0.717) is 12.5 Å². The number of unbranched alkanes of at least 4 members (excludes halogenated alkanes) is 1. The minimum Gasteiger partial charge on any atom is -0.354 e. The number of rotatable bonds is 5. The van der Waals surface area contributed by atoms with E-state index in [0.717, 1.165) is 25.8 Å². The fourth-order valence-corrected chi connectivity index (χ4v) is 1.50. The Morgan fingerprint density at radius 3 is 3.00 bits per heavy atom. The lowest BCUT2D eigenvalue weighted by molar-refractivity contribution is -0.122. The number of carbonyl (C=O) groups is 1. The van der Waals surface area contributed by atoms with Gasteiger partial charge in [-0.3, -0.25) is 9.79 Å². The van der Waals surface area contributed by atoms with Gasteiger partial charge in [0.25, 0.3) is 0 Å². The normalized spacial score (nSPS) is 25.3. The van der Waals surface area contributed by atoms with E-state index in [1.165, 1.54) is 0 Å². The van der Waals surface area contributed by atoms with Crippen LogP contribution in [-0.2, 0) is 4.79 Å². The molecular formula is C10H19N3O. The zero-order valence-corrected chi connectivity index (χ0v) is 8.70. The van der Waals surface area contributed by atoms with E-state index in [-0.39, 0.29) is 11.9 Å². The smallest absolute Gasteiger partial charge is 0.244 e. The molecule has 0 aromatic heterocycles. The topological polar surface area (TPSA) is 67.5 Å². The van der Waals surface area contributed by atoms with Crippen molar-refractivity contribution in [1.29, 1.82) is 0 Å².